The number of carbonyl (C=O) groups is 1. The number of carboxylic acid groups (broad SMARTS) is 1. The van der Waals surface area contributed by atoms with Gasteiger partial charge in [0.2, 0.25) is 0 Å². The van der Waals surface area contributed by atoms with Crippen LogP contribution in [0.25, 0.3) is 12.2 Å². The van der Waals surface area contributed by atoms with Crippen LogP contribution in [0.1, 0.15) is 38.1 Å². The molecule has 2 heterocycles. The van der Waals surface area contributed by atoms with Gasteiger partial charge in [-0.15, -0.1) is 11.3 Å². The van der Waals surface area contributed by atoms with Gasteiger partial charge < -0.3 is 19.5 Å². The van der Waals surface area contributed by atoms with Crippen LogP contribution in [0, 0.1) is 0 Å². The number of aliphatic hydroxyl groups is 1. The normalized spacial score (nSPS) is 20.4. The summed E-state index contributed by atoms with van der Waals surface area (Å²) in [5, 5.41) is 20.2. The molecule has 1 aromatic heterocycles. The Hall–Kier alpha value is -1.41. The van der Waals surface area contributed by atoms with Crippen LogP contribution in [-0.4, -0.2) is 41.1 Å². The zero-order valence-electron chi connectivity index (χ0n) is 13.7. The van der Waals surface area contributed by atoms with Crippen molar-refractivity contribution >= 4 is 36.6 Å². The van der Waals surface area contributed by atoms with Crippen molar-refractivity contribution in [1.82, 2.24) is 0 Å². The molecular formula is C16H21BO5S. The van der Waals surface area contributed by atoms with Gasteiger partial charge in [0.05, 0.1) is 17.8 Å². The molecule has 0 radical (unpaired) electrons. The van der Waals surface area contributed by atoms with Gasteiger partial charge in [0.25, 0.3) is 0 Å². The maximum atomic E-state index is 10.5. The molecule has 5 nitrogen and oxygen atoms in total. The number of aliphatic hydroxyl groups excluding tert-OH is 1. The number of hydrogen-bond acceptors (Lipinski definition) is 5. The predicted octanol–water partition coefficient (Wildman–Crippen LogP) is 2.85. The number of thiophene rings is 1. The molecule has 0 aliphatic carbocycles. The zero-order valence-corrected chi connectivity index (χ0v) is 14.5. The Kier molecular flexibility index (Phi) is 5.15. The van der Waals surface area contributed by atoms with Gasteiger partial charge in [0.15, 0.2) is 0 Å². The first-order valence-electron chi connectivity index (χ1n) is 7.31. The Balaban J connectivity index is 2.19. The van der Waals surface area contributed by atoms with E-state index in [2.05, 4.69) is 0 Å². The second kappa shape index (κ2) is 6.61. The summed E-state index contributed by atoms with van der Waals surface area (Å²) in [5.74, 6) is -0.983. The molecule has 1 aromatic rings. The number of rotatable bonds is 5. The van der Waals surface area contributed by atoms with E-state index in [9.17, 15) is 9.90 Å². The smallest absolute Gasteiger partial charge is 0.478 e. The van der Waals surface area contributed by atoms with Gasteiger partial charge in [-0.25, -0.2) is 4.79 Å². The third-order valence-electron chi connectivity index (χ3n) is 4.12. The van der Waals surface area contributed by atoms with Crippen LogP contribution >= 0.6 is 11.3 Å². The summed E-state index contributed by atoms with van der Waals surface area (Å²) in [5.41, 5.74) is 0.584. The molecule has 2 N–H and O–H groups in total. The molecule has 23 heavy (non-hydrogen) atoms. The highest BCUT2D eigenvalue weighted by Crippen LogP contribution is 2.38. The lowest BCUT2D eigenvalue weighted by atomic mass is 9.78. The van der Waals surface area contributed by atoms with Crippen molar-refractivity contribution in [3.63, 3.8) is 0 Å². The molecular weight excluding hydrogens is 315 g/mol. The fraction of sp³-hybridized carbons (Fsp3) is 0.438. The zero-order chi connectivity index (χ0) is 17.3. The topological polar surface area (TPSA) is 76.0 Å². The van der Waals surface area contributed by atoms with Crippen LogP contribution < -0.4 is 0 Å². The van der Waals surface area contributed by atoms with Crippen LogP contribution in [0.2, 0.25) is 0 Å². The van der Waals surface area contributed by atoms with E-state index in [-0.39, 0.29) is 6.61 Å². The van der Waals surface area contributed by atoms with Gasteiger partial charge in [0, 0.05) is 11.0 Å². The van der Waals surface area contributed by atoms with Crippen molar-refractivity contribution in [3.8, 4) is 0 Å². The van der Waals surface area contributed by atoms with Crippen LogP contribution in [0.15, 0.2) is 23.0 Å². The van der Waals surface area contributed by atoms with Crippen molar-refractivity contribution < 1.29 is 24.3 Å². The molecule has 1 fully saturated rings. The SMILES string of the molecule is CC1(C)OB(C(=Cc2csc(/C=C/C(=O)O)c2)CO)OC1(C)C. The molecule has 0 saturated carbocycles. The van der Waals surface area contributed by atoms with Crippen molar-refractivity contribution in [2.24, 2.45) is 0 Å². The van der Waals surface area contributed by atoms with E-state index in [0.717, 1.165) is 16.5 Å². The molecule has 0 spiro atoms. The monoisotopic (exact) mass is 336 g/mol. The predicted molar refractivity (Wildman–Crippen MR) is 92.1 cm³/mol. The van der Waals surface area contributed by atoms with E-state index in [0.29, 0.717) is 5.47 Å². The van der Waals surface area contributed by atoms with Gasteiger partial charge in [-0.1, -0.05) is 6.08 Å². The van der Waals surface area contributed by atoms with E-state index < -0.39 is 24.3 Å². The van der Waals surface area contributed by atoms with E-state index in [1.54, 1.807) is 0 Å². The summed E-state index contributed by atoms with van der Waals surface area (Å²) >= 11 is 1.43. The van der Waals surface area contributed by atoms with E-state index in [1.165, 1.54) is 17.4 Å². The molecule has 7 heteroatoms. The first kappa shape index (κ1) is 17.9. The van der Waals surface area contributed by atoms with Crippen molar-refractivity contribution in [2.45, 2.75) is 38.9 Å². The third kappa shape index (κ3) is 4.12. The maximum absolute atomic E-state index is 10.5. The second-order valence-corrected chi connectivity index (χ2v) is 7.36. The van der Waals surface area contributed by atoms with Crippen LogP contribution in [0.5, 0.6) is 0 Å². The summed E-state index contributed by atoms with van der Waals surface area (Å²) in [6, 6.07) is 1.85. The molecule has 0 unspecified atom stereocenters. The minimum atomic E-state index is -0.983. The van der Waals surface area contributed by atoms with E-state index in [4.69, 9.17) is 14.4 Å². The quantitative estimate of drug-likeness (QED) is 0.639. The van der Waals surface area contributed by atoms with Crippen molar-refractivity contribution in [2.75, 3.05) is 6.61 Å². The number of hydrogen-bond donors (Lipinski definition) is 2. The highest BCUT2D eigenvalue weighted by Gasteiger charge is 2.52. The molecule has 1 saturated heterocycles. The Bertz CT molecular complexity index is 629. The maximum Gasteiger partial charge on any atom is 0.492 e. The highest BCUT2D eigenvalue weighted by molar-refractivity contribution is 7.11. The summed E-state index contributed by atoms with van der Waals surface area (Å²) < 4.78 is 11.9. The summed E-state index contributed by atoms with van der Waals surface area (Å²) in [6.45, 7) is 7.67. The molecule has 0 aromatic carbocycles. The fourth-order valence-corrected chi connectivity index (χ4v) is 2.84. The Morgan fingerprint density at radius 1 is 1.30 bits per heavy atom. The first-order valence-corrected chi connectivity index (χ1v) is 8.19. The molecule has 124 valence electrons. The van der Waals surface area contributed by atoms with Crippen molar-refractivity contribution in [1.29, 1.82) is 0 Å². The molecule has 1 aliphatic heterocycles. The van der Waals surface area contributed by atoms with Gasteiger partial charge in [0.1, 0.15) is 0 Å². The molecule has 2 rings (SSSR count). The average molecular weight is 336 g/mol. The molecule has 0 atom stereocenters. The lowest BCUT2D eigenvalue weighted by Gasteiger charge is -2.32. The fourth-order valence-electron chi connectivity index (χ4n) is 2.08. The molecule has 1 aliphatic rings. The summed E-state index contributed by atoms with van der Waals surface area (Å²) in [7, 11) is -0.595. The highest BCUT2D eigenvalue weighted by atomic mass is 32.1. The summed E-state index contributed by atoms with van der Waals surface area (Å²) in [6.07, 6.45) is 4.45. The Morgan fingerprint density at radius 3 is 2.43 bits per heavy atom. The van der Waals surface area contributed by atoms with Crippen LogP contribution in [0.4, 0.5) is 0 Å². The second-order valence-electron chi connectivity index (χ2n) is 6.42. The van der Waals surface area contributed by atoms with Gasteiger partial charge >= 0.3 is 13.1 Å². The third-order valence-corrected chi connectivity index (χ3v) is 5.04. The van der Waals surface area contributed by atoms with Gasteiger partial charge in [-0.3, -0.25) is 0 Å². The Labute approximate surface area is 140 Å². The van der Waals surface area contributed by atoms with E-state index >= 15 is 0 Å². The van der Waals surface area contributed by atoms with Gasteiger partial charge in [-0.05, 0) is 56.3 Å². The minimum absolute atomic E-state index is 0.174. The largest absolute Gasteiger partial charge is 0.492 e. The molecule has 0 bridgehead atoms. The lowest BCUT2D eigenvalue weighted by Crippen LogP contribution is -2.41. The van der Waals surface area contributed by atoms with Crippen LogP contribution in [0.3, 0.4) is 0 Å². The van der Waals surface area contributed by atoms with Gasteiger partial charge in [-0.2, -0.15) is 0 Å². The average Bonchev–Trinajstić information content (AvgIpc) is 2.96. The summed E-state index contributed by atoms with van der Waals surface area (Å²) in [4.78, 5) is 11.4. The first-order chi connectivity index (χ1) is 10.6. The van der Waals surface area contributed by atoms with Crippen molar-refractivity contribution in [3.05, 3.63) is 33.4 Å². The number of aliphatic carboxylic acids is 1. The lowest BCUT2D eigenvalue weighted by molar-refractivity contribution is -0.131. The minimum Gasteiger partial charge on any atom is -0.478 e. The van der Waals surface area contributed by atoms with E-state index in [1.807, 2.05) is 45.2 Å². The number of carboxylic acids is 1. The Morgan fingerprint density at radius 2 is 1.91 bits per heavy atom. The molecule has 0 amide bonds. The van der Waals surface area contributed by atoms with Crippen LogP contribution in [-0.2, 0) is 14.1 Å². The standard InChI is InChI=1S/C16H21BO5S/c1-15(2)16(3,4)22-17(21-15)12(9-18)7-11-8-13(23-10-11)5-6-14(19)20/h5-8,10,18H,9H2,1-4H3,(H,19,20)/b6-5+,12-7?.